The van der Waals surface area contributed by atoms with Crippen LogP contribution >= 0.6 is 11.8 Å². The Morgan fingerprint density at radius 1 is 1.50 bits per heavy atom. The molecule has 1 heterocycles. The second-order valence-corrected chi connectivity index (χ2v) is 4.40. The van der Waals surface area contributed by atoms with Gasteiger partial charge in [-0.05, 0) is 18.2 Å². The maximum atomic E-state index is 2.29. The smallest absolute Gasteiger partial charge is 0.0147 e. The summed E-state index contributed by atoms with van der Waals surface area (Å²) in [6.45, 7) is 4.59. The summed E-state index contributed by atoms with van der Waals surface area (Å²) >= 11 is 1.94. The van der Waals surface area contributed by atoms with Crippen LogP contribution in [0.3, 0.4) is 0 Å². The summed E-state index contributed by atoms with van der Waals surface area (Å²) in [7, 11) is 0. The van der Waals surface area contributed by atoms with E-state index < -0.39 is 0 Å². The minimum atomic E-state index is 0.509. The Morgan fingerprint density at radius 3 is 2.50 bits per heavy atom. The third-order valence-electron chi connectivity index (χ3n) is 1.40. The van der Waals surface area contributed by atoms with E-state index in [-0.39, 0.29) is 0 Å². The van der Waals surface area contributed by atoms with Gasteiger partial charge >= 0.3 is 0 Å². The monoisotopic (exact) mass is 128 g/mol. The highest BCUT2D eigenvalue weighted by Crippen LogP contribution is 2.33. The maximum Gasteiger partial charge on any atom is 0.0147 e. The molecule has 8 heavy (non-hydrogen) atoms. The molecule has 0 atom stereocenters. The summed E-state index contributed by atoms with van der Waals surface area (Å²) < 4.78 is 0.509. The minimum absolute atomic E-state index is 0.509. The topological polar surface area (TPSA) is 0 Å². The standard InChI is InChI=1S/C7H12S/c1-7(2)5-3-4-6-8-7/h4,6H,3,5H2,1-2H3. The first-order chi connectivity index (χ1) is 3.71. The van der Waals surface area contributed by atoms with Gasteiger partial charge in [0, 0.05) is 4.75 Å². The van der Waals surface area contributed by atoms with Gasteiger partial charge in [-0.1, -0.05) is 19.9 Å². The van der Waals surface area contributed by atoms with Crippen LogP contribution in [0, 0.1) is 0 Å². The van der Waals surface area contributed by atoms with Crippen LogP contribution in [0.5, 0.6) is 0 Å². The zero-order valence-electron chi connectivity index (χ0n) is 5.48. The van der Waals surface area contributed by atoms with Gasteiger partial charge in [0.1, 0.15) is 0 Å². The Balaban J connectivity index is 2.50. The molecule has 46 valence electrons. The van der Waals surface area contributed by atoms with Gasteiger partial charge in [0.15, 0.2) is 0 Å². The number of hydrogen-bond acceptors (Lipinski definition) is 1. The number of hydrogen-bond donors (Lipinski definition) is 0. The predicted octanol–water partition coefficient (Wildman–Crippen LogP) is 2.81. The fraction of sp³-hybridized carbons (Fsp3) is 0.714. The van der Waals surface area contributed by atoms with Crippen LogP contribution < -0.4 is 0 Å². The van der Waals surface area contributed by atoms with E-state index >= 15 is 0 Å². The lowest BCUT2D eigenvalue weighted by molar-refractivity contribution is 0.645. The van der Waals surface area contributed by atoms with Crippen molar-refractivity contribution >= 4 is 11.8 Å². The molecular weight excluding hydrogens is 116 g/mol. The molecule has 1 aliphatic rings. The molecule has 0 nitrogen and oxygen atoms in total. The molecule has 0 fully saturated rings. The summed E-state index contributed by atoms with van der Waals surface area (Å²) in [5.41, 5.74) is 0. The first-order valence-corrected chi connectivity index (χ1v) is 3.91. The van der Waals surface area contributed by atoms with Crippen molar-refractivity contribution in [3.63, 3.8) is 0 Å². The van der Waals surface area contributed by atoms with Crippen molar-refractivity contribution in [1.82, 2.24) is 0 Å². The molecule has 1 aliphatic heterocycles. The lowest BCUT2D eigenvalue weighted by atomic mass is 10.1. The van der Waals surface area contributed by atoms with Gasteiger partial charge in [0.05, 0.1) is 0 Å². The number of thioether (sulfide) groups is 1. The second-order valence-electron chi connectivity index (χ2n) is 2.79. The normalized spacial score (nSPS) is 25.8. The lowest BCUT2D eigenvalue weighted by Crippen LogP contribution is -2.14. The molecule has 0 aromatic rings. The van der Waals surface area contributed by atoms with E-state index in [0.29, 0.717) is 4.75 Å². The Labute approximate surface area is 55.4 Å². The average molecular weight is 128 g/mol. The van der Waals surface area contributed by atoms with Gasteiger partial charge in [-0.15, -0.1) is 11.8 Å². The van der Waals surface area contributed by atoms with Crippen molar-refractivity contribution in [3.05, 3.63) is 11.5 Å². The zero-order chi connectivity index (χ0) is 6.04. The lowest BCUT2D eigenvalue weighted by Gasteiger charge is -2.23. The van der Waals surface area contributed by atoms with Crippen molar-refractivity contribution in [1.29, 1.82) is 0 Å². The van der Waals surface area contributed by atoms with E-state index in [1.165, 1.54) is 12.8 Å². The molecule has 1 heteroatoms. The molecule has 1 rings (SSSR count). The van der Waals surface area contributed by atoms with Crippen molar-refractivity contribution < 1.29 is 0 Å². The molecule has 0 aromatic heterocycles. The molecule has 0 amide bonds. The molecule has 0 radical (unpaired) electrons. The van der Waals surface area contributed by atoms with Crippen molar-refractivity contribution in [2.24, 2.45) is 0 Å². The first-order valence-electron chi connectivity index (χ1n) is 3.03. The minimum Gasteiger partial charge on any atom is -0.128 e. The molecule has 0 saturated carbocycles. The molecule has 0 aromatic carbocycles. The fourth-order valence-corrected chi connectivity index (χ4v) is 1.63. The van der Waals surface area contributed by atoms with Crippen LogP contribution in [0.4, 0.5) is 0 Å². The number of allylic oxidation sites excluding steroid dienone is 1. The third kappa shape index (κ3) is 1.55. The van der Waals surface area contributed by atoms with Gasteiger partial charge in [-0.25, -0.2) is 0 Å². The predicted molar refractivity (Wildman–Crippen MR) is 40.0 cm³/mol. The zero-order valence-corrected chi connectivity index (χ0v) is 6.29. The summed E-state index contributed by atoms with van der Waals surface area (Å²) in [6, 6.07) is 0. The summed E-state index contributed by atoms with van der Waals surface area (Å²) in [4.78, 5) is 0. The van der Waals surface area contributed by atoms with Crippen LogP contribution in [0.15, 0.2) is 11.5 Å². The van der Waals surface area contributed by atoms with Crippen LogP contribution in [-0.4, -0.2) is 4.75 Å². The van der Waals surface area contributed by atoms with E-state index in [9.17, 15) is 0 Å². The molecule has 0 bridgehead atoms. The summed E-state index contributed by atoms with van der Waals surface area (Å²) in [6.07, 6.45) is 4.84. The molecular formula is C7H12S. The third-order valence-corrected chi connectivity index (χ3v) is 2.57. The Kier molecular flexibility index (Phi) is 1.66. The summed E-state index contributed by atoms with van der Waals surface area (Å²) in [5, 5.41) is 2.21. The molecule has 0 aliphatic carbocycles. The van der Waals surface area contributed by atoms with Crippen LogP contribution in [-0.2, 0) is 0 Å². The highest BCUT2D eigenvalue weighted by Gasteiger charge is 2.17. The SMILES string of the molecule is CC1(C)CCC=CS1. The molecule has 0 N–H and O–H groups in total. The van der Waals surface area contributed by atoms with Crippen molar-refractivity contribution in [2.75, 3.05) is 0 Å². The van der Waals surface area contributed by atoms with E-state index in [0.717, 1.165) is 0 Å². The van der Waals surface area contributed by atoms with Gasteiger partial charge in [-0.3, -0.25) is 0 Å². The highest BCUT2D eigenvalue weighted by molar-refractivity contribution is 8.03. The fourth-order valence-electron chi connectivity index (χ4n) is 0.790. The number of rotatable bonds is 0. The van der Waals surface area contributed by atoms with E-state index in [1.807, 2.05) is 11.8 Å². The molecule has 0 spiro atoms. The van der Waals surface area contributed by atoms with Gasteiger partial charge < -0.3 is 0 Å². The maximum absolute atomic E-state index is 2.29. The quantitative estimate of drug-likeness (QED) is 0.483. The van der Waals surface area contributed by atoms with Gasteiger partial charge in [0.2, 0.25) is 0 Å². The molecule has 0 unspecified atom stereocenters. The Hall–Kier alpha value is 0.0900. The second kappa shape index (κ2) is 2.14. The van der Waals surface area contributed by atoms with Crippen LogP contribution in [0.2, 0.25) is 0 Å². The summed E-state index contributed by atoms with van der Waals surface area (Å²) in [5.74, 6) is 0. The van der Waals surface area contributed by atoms with Gasteiger partial charge in [0.25, 0.3) is 0 Å². The van der Waals surface area contributed by atoms with E-state index in [2.05, 4.69) is 25.3 Å². The largest absolute Gasteiger partial charge is 0.128 e. The first kappa shape index (κ1) is 6.21. The van der Waals surface area contributed by atoms with Crippen LogP contribution in [0.1, 0.15) is 26.7 Å². The molecule has 0 saturated heterocycles. The van der Waals surface area contributed by atoms with Crippen molar-refractivity contribution in [2.45, 2.75) is 31.4 Å². The Bertz CT molecular complexity index is 103. The van der Waals surface area contributed by atoms with E-state index in [4.69, 9.17) is 0 Å². The van der Waals surface area contributed by atoms with E-state index in [1.54, 1.807) is 0 Å². The average Bonchev–Trinajstić information content (AvgIpc) is 1.65. The van der Waals surface area contributed by atoms with Gasteiger partial charge in [-0.2, -0.15) is 0 Å². The highest BCUT2D eigenvalue weighted by atomic mass is 32.2. The Morgan fingerprint density at radius 2 is 2.25 bits per heavy atom. The van der Waals surface area contributed by atoms with Crippen molar-refractivity contribution in [3.8, 4) is 0 Å². The van der Waals surface area contributed by atoms with Crippen LogP contribution in [0.25, 0.3) is 0 Å².